The molecule has 4 rings (SSSR count). The maximum Gasteiger partial charge on any atom is 0.260 e. The average Bonchev–Trinajstić information content (AvgIpc) is 3.13. The van der Waals surface area contributed by atoms with Gasteiger partial charge in [0.05, 0.1) is 10.2 Å². The van der Waals surface area contributed by atoms with E-state index in [0.29, 0.717) is 36.2 Å². The molecule has 0 spiro atoms. The molecule has 2 aromatic carbocycles. The molecule has 1 aliphatic rings. The third kappa shape index (κ3) is 5.11. The Hall–Kier alpha value is -2.35. The number of benzene rings is 2. The van der Waals surface area contributed by atoms with Gasteiger partial charge in [-0.15, -0.1) is 12.4 Å². The average molecular weight is 462 g/mol. The van der Waals surface area contributed by atoms with Crippen molar-refractivity contribution < 1.29 is 14.3 Å². The highest BCUT2D eigenvalue weighted by Gasteiger charge is 2.23. The molecule has 1 aliphatic heterocycles. The number of aromatic nitrogens is 1. The molecule has 1 amide bonds. The van der Waals surface area contributed by atoms with Crippen LogP contribution in [0.3, 0.4) is 0 Å². The molecule has 0 unspecified atom stereocenters. The Morgan fingerprint density at radius 2 is 1.74 bits per heavy atom. The number of fused-ring (bicyclic) bond motifs is 2. The molecule has 0 fully saturated rings. The first-order valence-corrected chi connectivity index (χ1v) is 11.0. The summed E-state index contributed by atoms with van der Waals surface area (Å²) in [5, 5.41) is 0.703. The third-order valence-electron chi connectivity index (χ3n) is 5.26. The van der Waals surface area contributed by atoms with Gasteiger partial charge in [0.25, 0.3) is 5.91 Å². The fourth-order valence-corrected chi connectivity index (χ4v) is 4.43. The van der Waals surface area contributed by atoms with E-state index >= 15 is 0 Å². The molecule has 3 aromatic rings. The van der Waals surface area contributed by atoms with Gasteiger partial charge in [0.1, 0.15) is 13.2 Å². The van der Waals surface area contributed by atoms with E-state index < -0.39 is 0 Å². The number of amides is 1. The van der Waals surface area contributed by atoms with Gasteiger partial charge in [-0.25, -0.2) is 4.98 Å². The summed E-state index contributed by atoms with van der Waals surface area (Å²) in [7, 11) is 4.08. The number of anilines is 1. The van der Waals surface area contributed by atoms with Crippen molar-refractivity contribution in [3.63, 3.8) is 0 Å². The third-order valence-corrected chi connectivity index (χ3v) is 6.30. The second-order valence-electron chi connectivity index (χ2n) is 7.87. The van der Waals surface area contributed by atoms with Crippen molar-refractivity contribution >= 4 is 45.0 Å². The lowest BCUT2D eigenvalue weighted by Crippen LogP contribution is -2.33. The van der Waals surface area contributed by atoms with Crippen LogP contribution in [0.2, 0.25) is 0 Å². The lowest BCUT2D eigenvalue weighted by Gasteiger charge is -2.21. The van der Waals surface area contributed by atoms with Crippen LogP contribution in [0.1, 0.15) is 27.9 Å². The second kappa shape index (κ2) is 9.85. The SMILES string of the molecule is Cc1ccc(C(=O)N(CCCN(C)C)c2nc3cc4c(cc3s2)OCCO4)cc1C.Cl. The van der Waals surface area contributed by atoms with Crippen LogP contribution in [-0.4, -0.2) is 56.2 Å². The van der Waals surface area contributed by atoms with E-state index in [0.717, 1.165) is 34.5 Å². The Labute approximate surface area is 193 Å². The summed E-state index contributed by atoms with van der Waals surface area (Å²) in [6, 6.07) is 9.73. The van der Waals surface area contributed by atoms with Gasteiger partial charge in [-0.05, 0) is 64.2 Å². The summed E-state index contributed by atoms with van der Waals surface area (Å²) in [6.07, 6.45) is 0.863. The zero-order valence-electron chi connectivity index (χ0n) is 18.3. The van der Waals surface area contributed by atoms with Crippen LogP contribution >= 0.6 is 23.7 Å². The minimum atomic E-state index is -0.0202. The van der Waals surface area contributed by atoms with E-state index in [1.165, 1.54) is 16.9 Å². The Balaban J connectivity index is 0.00000272. The smallest absolute Gasteiger partial charge is 0.260 e. The molecular formula is C23H28ClN3O3S. The molecule has 0 atom stereocenters. The maximum atomic E-state index is 13.4. The largest absolute Gasteiger partial charge is 0.486 e. The monoisotopic (exact) mass is 461 g/mol. The molecule has 0 radical (unpaired) electrons. The van der Waals surface area contributed by atoms with Crippen molar-refractivity contribution in [1.29, 1.82) is 0 Å². The zero-order chi connectivity index (χ0) is 21.3. The van der Waals surface area contributed by atoms with E-state index in [1.54, 1.807) is 4.90 Å². The van der Waals surface area contributed by atoms with Crippen molar-refractivity contribution in [2.75, 3.05) is 45.3 Å². The highest BCUT2D eigenvalue weighted by Crippen LogP contribution is 2.39. The Morgan fingerprint density at radius 3 is 2.42 bits per heavy atom. The Kier molecular flexibility index (Phi) is 7.41. The summed E-state index contributed by atoms with van der Waals surface area (Å²) < 4.78 is 12.4. The Morgan fingerprint density at radius 1 is 1.03 bits per heavy atom. The molecule has 0 aliphatic carbocycles. The molecule has 1 aromatic heterocycles. The van der Waals surface area contributed by atoms with Crippen molar-refractivity contribution in [2.45, 2.75) is 20.3 Å². The predicted molar refractivity (Wildman–Crippen MR) is 129 cm³/mol. The number of carbonyl (C=O) groups excluding carboxylic acids is 1. The first kappa shape index (κ1) is 23.3. The van der Waals surface area contributed by atoms with Gasteiger partial charge in [0.15, 0.2) is 16.6 Å². The molecule has 8 heteroatoms. The van der Waals surface area contributed by atoms with Crippen molar-refractivity contribution in [1.82, 2.24) is 9.88 Å². The standard InChI is InChI=1S/C23H27N3O3S.ClH/c1-15-6-7-17(12-16(15)2)22(27)26(9-5-8-25(3)4)23-24-18-13-19-20(14-21(18)30-23)29-11-10-28-19;/h6-7,12-14H,5,8-11H2,1-4H3;1H. The molecule has 0 saturated heterocycles. The minimum Gasteiger partial charge on any atom is -0.486 e. The second-order valence-corrected chi connectivity index (χ2v) is 8.88. The Bertz CT molecular complexity index is 1040. The number of thiazole rings is 1. The lowest BCUT2D eigenvalue weighted by molar-refractivity contribution is 0.0986. The van der Waals surface area contributed by atoms with Crippen molar-refractivity contribution in [3.05, 3.63) is 47.0 Å². The molecule has 166 valence electrons. The summed E-state index contributed by atoms with van der Waals surface area (Å²) in [5.41, 5.74) is 3.80. The first-order chi connectivity index (χ1) is 14.4. The zero-order valence-corrected chi connectivity index (χ0v) is 19.9. The van der Waals surface area contributed by atoms with Gasteiger partial charge in [-0.3, -0.25) is 9.69 Å². The predicted octanol–water partition coefficient (Wildman–Crippen LogP) is 4.70. The molecule has 6 nitrogen and oxygen atoms in total. The van der Waals surface area contributed by atoms with Gasteiger partial charge in [-0.2, -0.15) is 0 Å². The number of nitrogens with zero attached hydrogens (tertiary/aromatic N) is 3. The number of rotatable bonds is 6. The van der Waals surface area contributed by atoms with E-state index in [9.17, 15) is 4.79 Å². The summed E-state index contributed by atoms with van der Waals surface area (Å²) in [6.45, 7) is 6.68. The molecule has 0 N–H and O–H groups in total. The fraction of sp³-hybridized carbons (Fsp3) is 0.391. The number of carbonyl (C=O) groups is 1. The van der Waals surface area contributed by atoms with E-state index in [-0.39, 0.29) is 18.3 Å². The number of hydrogen-bond acceptors (Lipinski definition) is 6. The number of ether oxygens (including phenoxy) is 2. The van der Waals surface area contributed by atoms with Gasteiger partial charge in [0.2, 0.25) is 0 Å². The van der Waals surface area contributed by atoms with Gasteiger partial charge in [-0.1, -0.05) is 17.4 Å². The van der Waals surface area contributed by atoms with Crippen LogP contribution < -0.4 is 14.4 Å². The van der Waals surface area contributed by atoms with E-state index in [2.05, 4.69) is 11.8 Å². The number of hydrogen-bond donors (Lipinski definition) is 0. The van der Waals surface area contributed by atoms with Crippen LogP contribution in [0.25, 0.3) is 10.2 Å². The lowest BCUT2D eigenvalue weighted by atomic mass is 10.1. The summed E-state index contributed by atoms with van der Waals surface area (Å²) in [4.78, 5) is 22.2. The van der Waals surface area contributed by atoms with Crippen molar-refractivity contribution in [3.8, 4) is 11.5 Å². The van der Waals surface area contributed by atoms with Crippen LogP contribution in [0.4, 0.5) is 5.13 Å². The maximum absolute atomic E-state index is 13.4. The topological polar surface area (TPSA) is 54.9 Å². The van der Waals surface area contributed by atoms with Crippen LogP contribution in [0.5, 0.6) is 11.5 Å². The van der Waals surface area contributed by atoms with Gasteiger partial charge >= 0.3 is 0 Å². The fourth-order valence-electron chi connectivity index (χ4n) is 3.43. The van der Waals surface area contributed by atoms with Gasteiger partial charge < -0.3 is 14.4 Å². The summed E-state index contributed by atoms with van der Waals surface area (Å²) >= 11 is 1.51. The molecule has 0 bridgehead atoms. The first-order valence-electron chi connectivity index (χ1n) is 10.2. The summed E-state index contributed by atoms with van der Waals surface area (Å²) in [5.74, 6) is 1.43. The molecule has 0 saturated carbocycles. The normalized spacial score (nSPS) is 12.7. The molecule has 2 heterocycles. The van der Waals surface area contributed by atoms with E-state index in [4.69, 9.17) is 14.5 Å². The highest BCUT2D eigenvalue weighted by atomic mass is 35.5. The van der Waals surface area contributed by atoms with Crippen LogP contribution in [-0.2, 0) is 0 Å². The molecular weight excluding hydrogens is 434 g/mol. The van der Waals surface area contributed by atoms with Crippen LogP contribution in [0, 0.1) is 13.8 Å². The van der Waals surface area contributed by atoms with Crippen molar-refractivity contribution in [2.24, 2.45) is 0 Å². The minimum absolute atomic E-state index is 0. The number of halogens is 1. The van der Waals surface area contributed by atoms with Gasteiger partial charge in [0, 0.05) is 24.2 Å². The quantitative estimate of drug-likeness (QED) is 0.532. The van der Waals surface area contributed by atoms with Crippen LogP contribution in [0.15, 0.2) is 30.3 Å². The number of aryl methyl sites for hydroxylation is 2. The highest BCUT2D eigenvalue weighted by molar-refractivity contribution is 7.22. The van der Waals surface area contributed by atoms with E-state index in [1.807, 2.05) is 51.4 Å². The molecule has 31 heavy (non-hydrogen) atoms.